The minimum atomic E-state index is -0.907. The normalized spacial score (nSPS) is 14.7. The largest absolute Gasteiger partial charge is 0.398 e. The molecule has 138 valence electrons. The van der Waals surface area contributed by atoms with Crippen molar-refractivity contribution in [2.24, 2.45) is 0 Å². The Balaban J connectivity index is 1.74. The van der Waals surface area contributed by atoms with Crippen molar-refractivity contribution in [1.29, 1.82) is 0 Å². The van der Waals surface area contributed by atoms with Crippen LogP contribution in [0, 0.1) is 11.6 Å². The Morgan fingerprint density at radius 1 is 1.27 bits per heavy atom. The van der Waals surface area contributed by atoms with Crippen molar-refractivity contribution in [1.82, 2.24) is 4.90 Å². The molecule has 1 heterocycles. The SMILES string of the molecule is CC(c1ccc(F)c(F)c1)N(C)C(=O)CN1CCCc2c(N)cccc21. The number of nitrogens with zero attached hydrogens (tertiary/aromatic N) is 2. The van der Waals surface area contributed by atoms with Crippen molar-refractivity contribution in [2.75, 3.05) is 30.8 Å². The highest BCUT2D eigenvalue weighted by atomic mass is 19.2. The molecule has 2 N–H and O–H groups in total. The van der Waals surface area contributed by atoms with E-state index in [-0.39, 0.29) is 18.5 Å². The van der Waals surface area contributed by atoms with Crippen LogP contribution in [0.4, 0.5) is 20.2 Å². The van der Waals surface area contributed by atoms with E-state index in [9.17, 15) is 13.6 Å². The van der Waals surface area contributed by atoms with Gasteiger partial charge in [-0.2, -0.15) is 0 Å². The van der Waals surface area contributed by atoms with Gasteiger partial charge in [0.15, 0.2) is 11.6 Å². The standard InChI is InChI=1S/C20H23F2N3O/c1-13(14-8-9-16(21)17(22)11-14)24(2)20(26)12-25-10-4-5-15-18(23)6-3-7-19(15)25/h3,6-9,11,13H,4-5,10,12,23H2,1-2H3. The molecule has 26 heavy (non-hydrogen) atoms. The molecule has 2 aromatic carbocycles. The first-order chi connectivity index (χ1) is 12.4. The average molecular weight is 359 g/mol. The number of benzene rings is 2. The first-order valence-corrected chi connectivity index (χ1v) is 8.71. The lowest BCUT2D eigenvalue weighted by atomic mass is 10.00. The summed E-state index contributed by atoms with van der Waals surface area (Å²) in [5.74, 6) is -1.88. The fourth-order valence-corrected chi connectivity index (χ4v) is 3.38. The Bertz CT molecular complexity index is 825. The summed E-state index contributed by atoms with van der Waals surface area (Å²) in [6.45, 7) is 2.81. The van der Waals surface area contributed by atoms with E-state index in [0.29, 0.717) is 5.56 Å². The fourth-order valence-electron chi connectivity index (χ4n) is 3.38. The van der Waals surface area contributed by atoms with Gasteiger partial charge in [0, 0.05) is 25.0 Å². The molecule has 1 amide bonds. The second-order valence-corrected chi connectivity index (χ2v) is 6.72. The average Bonchev–Trinajstić information content (AvgIpc) is 2.63. The van der Waals surface area contributed by atoms with E-state index in [1.807, 2.05) is 23.1 Å². The Morgan fingerprint density at radius 2 is 2.04 bits per heavy atom. The third-order valence-corrected chi connectivity index (χ3v) is 5.11. The number of anilines is 2. The van der Waals surface area contributed by atoms with Crippen LogP contribution in [-0.4, -0.2) is 30.9 Å². The number of rotatable bonds is 4. The van der Waals surface area contributed by atoms with Crippen LogP contribution in [0.15, 0.2) is 36.4 Å². The molecule has 0 radical (unpaired) electrons. The summed E-state index contributed by atoms with van der Waals surface area (Å²) in [4.78, 5) is 16.4. The van der Waals surface area contributed by atoms with Crippen LogP contribution in [0.1, 0.15) is 30.5 Å². The number of nitrogen functional groups attached to an aromatic ring is 1. The molecule has 1 atom stereocenters. The zero-order chi connectivity index (χ0) is 18.8. The highest BCUT2D eigenvalue weighted by Crippen LogP contribution is 2.31. The molecule has 1 unspecified atom stereocenters. The van der Waals surface area contributed by atoms with Crippen molar-refractivity contribution in [3.05, 3.63) is 59.2 Å². The number of likely N-dealkylation sites (N-methyl/N-ethyl adjacent to an activating group) is 1. The minimum Gasteiger partial charge on any atom is -0.398 e. The van der Waals surface area contributed by atoms with E-state index in [0.717, 1.165) is 48.5 Å². The second-order valence-electron chi connectivity index (χ2n) is 6.72. The van der Waals surface area contributed by atoms with Crippen molar-refractivity contribution in [3.8, 4) is 0 Å². The van der Waals surface area contributed by atoms with E-state index in [1.165, 1.54) is 6.07 Å². The first-order valence-electron chi connectivity index (χ1n) is 8.71. The Hall–Kier alpha value is -2.63. The quantitative estimate of drug-likeness (QED) is 0.850. The maximum atomic E-state index is 13.5. The van der Waals surface area contributed by atoms with Crippen LogP contribution in [0.2, 0.25) is 0 Å². The molecule has 0 saturated heterocycles. The Labute approximate surface area is 152 Å². The zero-order valence-electron chi connectivity index (χ0n) is 15.0. The van der Waals surface area contributed by atoms with E-state index >= 15 is 0 Å². The van der Waals surface area contributed by atoms with E-state index < -0.39 is 11.6 Å². The van der Waals surface area contributed by atoms with Gasteiger partial charge in [-0.05, 0) is 55.2 Å². The molecule has 1 aliphatic heterocycles. The number of fused-ring (bicyclic) bond motifs is 1. The van der Waals surface area contributed by atoms with Gasteiger partial charge < -0.3 is 15.5 Å². The van der Waals surface area contributed by atoms with Crippen molar-refractivity contribution in [2.45, 2.75) is 25.8 Å². The lowest BCUT2D eigenvalue weighted by Crippen LogP contribution is -2.41. The van der Waals surface area contributed by atoms with Gasteiger partial charge in [-0.15, -0.1) is 0 Å². The topological polar surface area (TPSA) is 49.6 Å². The van der Waals surface area contributed by atoms with Crippen molar-refractivity contribution >= 4 is 17.3 Å². The number of carbonyl (C=O) groups excluding carboxylic acids is 1. The molecular weight excluding hydrogens is 336 g/mol. The molecule has 0 aliphatic carbocycles. The fraction of sp³-hybridized carbons (Fsp3) is 0.350. The monoisotopic (exact) mass is 359 g/mol. The lowest BCUT2D eigenvalue weighted by Gasteiger charge is -2.34. The first kappa shape index (κ1) is 18.2. The molecule has 3 rings (SSSR count). The van der Waals surface area contributed by atoms with Crippen LogP contribution in [0.25, 0.3) is 0 Å². The van der Waals surface area contributed by atoms with Crippen molar-refractivity contribution in [3.63, 3.8) is 0 Å². The van der Waals surface area contributed by atoms with Gasteiger partial charge in [0.05, 0.1) is 12.6 Å². The van der Waals surface area contributed by atoms with Crippen LogP contribution in [0.5, 0.6) is 0 Å². The summed E-state index contributed by atoms with van der Waals surface area (Å²) < 4.78 is 26.6. The van der Waals surface area contributed by atoms with Crippen molar-refractivity contribution < 1.29 is 13.6 Å². The smallest absolute Gasteiger partial charge is 0.242 e. The van der Waals surface area contributed by atoms with Gasteiger partial charge >= 0.3 is 0 Å². The molecule has 0 fully saturated rings. The lowest BCUT2D eigenvalue weighted by molar-refractivity contribution is -0.130. The molecule has 6 heteroatoms. The maximum absolute atomic E-state index is 13.5. The molecule has 0 spiro atoms. The zero-order valence-corrected chi connectivity index (χ0v) is 15.0. The van der Waals surface area contributed by atoms with Crippen LogP contribution in [0.3, 0.4) is 0 Å². The molecule has 0 saturated carbocycles. The molecule has 4 nitrogen and oxygen atoms in total. The number of carbonyl (C=O) groups is 1. The summed E-state index contributed by atoms with van der Waals surface area (Å²) in [5, 5.41) is 0. The molecule has 0 aromatic heterocycles. The predicted molar refractivity (Wildman–Crippen MR) is 98.9 cm³/mol. The molecule has 0 bridgehead atoms. The van der Waals surface area contributed by atoms with Crippen LogP contribution >= 0.6 is 0 Å². The second kappa shape index (κ2) is 7.32. The number of hydrogen-bond acceptors (Lipinski definition) is 3. The summed E-state index contributed by atoms with van der Waals surface area (Å²) in [6, 6.07) is 9.12. The Morgan fingerprint density at radius 3 is 2.77 bits per heavy atom. The maximum Gasteiger partial charge on any atom is 0.242 e. The van der Waals surface area contributed by atoms with Gasteiger partial charge in [-0.3, -0.25) is 4.79 Å². The number of amides is 1. The van der Waals surface area contributed by atoms with Gasteiger partial charge in [0.2, 0.25) is 5.91 Å². The van der Waals surface area contributed by atoms with Gasteiger partial charge in [-0.25, -0.2) is 8.78 Å². The highest BCUT2D eigenvalue weighted by Gasteiger charge is 2.24. The van der Waals surface area contributed by atoms with E-state index in [4.69, 9.17) is 5.73 Å². The summed E-state index contributed by atoms with van der Waals surface area (Å²) in [5.41, 5.74) is 9.45. The van der Waals surface area contributed by atoms with Gasteiger partial charge in [0.25, 0.3) is 0 Å². The van der Waals surface area contributed by atoms with Crippen LogP contribution in [-0.2, 0) is 11.2 Å². The summed E-state index contributed by atoms with van der Waals surface area (Å²) in [7, 11) is 1.68. The number of halogens is 2. The number of hydrogen-bond donors (Lipinski definition) is 1. The van der Waals surface area contributed by atoms with Gasteiger partial charge in [0.1, 0.15) is 0 Å². The van der Waals surface area contributed by atoms with Crippen LogP contribution < -0.4 is 10.6 Å². The van der Waals surface area contributed by atoms with E-state index in [2.05, 4.69) is 0 Å². The third kappa shape index (κ3) is 3.49. The molecular formula is C20H23F2N3O. The minimum absolute atomic E-state index is 0.0856. The molecule has 2 aromatic rings. The summed E-state index contributed by atoms with van der Waals surface area (Å²) in [6.07, 6.45) is 1.85. The predicted octanol–water partition coefficient (Wildman–Crippen LogP) is 3.52. The Kier molecular flexibility index (Phi) is 5.11. The molecule has 1 aliphatic rings. The third-order valence-electron chi connectivity index (χ3n) is 5.11. The number of nitrogens with two attached hydrogens (primary N) is 1. The van der Waals surface area contributed by atoms with E-state index in [1.54, 1.807) is 18.9 Å². The highest BCUT2D eigenvalue weighted by molar-refractivity contribution is 5.83. The van der Waals surface area contributed by atoms with Gasteiger partial charge in [-0.1, -0.05) is 12.1 Å². The summed E-state index contributed by atoms with van der Waals surface area (Å²) >= 11 is 0.